The number of nitrogens with zero attached hydrogens (tertiary/aromatic N) is 1. The van der Waals surface area contributed by atoms with Crippen molar-refractivity contribution in [3.63, 3.8) is 0 Å². The van der Waals surface area contributed by atoms with Crippen molar-refractivity contribution in [2.75, 3.05) is 43.5 Å². The Hall–Kier alpha value is -3.16. The predicted octanol–water partition coefficient (Wildman–Crippen LogP) is -6.75. The summed E-state index contributed by atoms with van der Waals surface area (Å²) in [5.41, 5.74) is -2.83. The maximum absolute atomic E-state index is 12.2. The Morgan fingerprint density at radius 3 is 2.12 bits per heavy atom. The smallest absolute Gasteiger partial charge is 0.330 e. The van der Waals surface area contributed by atoms with E-state index < -0.39 is 115 Å². The summed E-state index contributed by atoms with van der Waals surface area (Å²) >= 11 is 0. The lowest BCUT2D eigenvalue weighted by Crippen LogP contribution is -2.64. The molecule has 3 saturated heterocycles. The molecule has 0 saturated carbocycles. The summed E-state index contributed by atoms with van der Waals surface area (Å²) in [4.78, 5) is 50.5. The molecule has 3 aliphatic rings. The first-order valence-corrected chi connectivity index (χ1v) is 15.4. The Kier molecular flexibility index (Phi) is 11.7. The Morgan fingerprint density at radius 1 is 0.816 bits per heavy atom. The minimum atomic E-state index is -1.82. The molecule has 1 aromatic heterocycles. The first-order valence-electron chi connectivity index (χ1n) is 15.4. The molecule has 0 unspecified atom stereocenters. The van der Waals surface area contributed by atoms with E-state index in [1.54, 1.807) is 0 Å². The monoisotopic (exact) mass is 704 g/mol. The normalized spacial score (nSPS) is 36.6. The Bertz CT molecular complexity index is 1620. The number of anilines is 2. The van der Waals surface area contributed by atoms with Crippen molar-refractivity contribution in [3.05, 3.63) is 53.0 Å². The molecule has 13 atom stereocenters. The van der Waals surface area contributed by atoms with Crippen molar-refractivity contribution in [1.82, 2.24) is 9.55 Å². The van der Waals surface area contributed by atoms with Crippen LogP contribution in [0.1, 0.15) is 18.2 Å². The highest BCUT2D eigenvalue weighted by Gasteiger charge is 2.50. The molecule has 3 fully saturated rings. The number of H-pyrrole nitrogens is 1. The maximum atomic E-state index is 12.2. The van der Waals surface area contributed by atoms with Crippen LogP contribution in [0.25, 0.3) is 0 Å². The van der Waals surface area contributed by atoms with Gasteiger partial charge in [-0.2, -0.15) is 0 Å². The van der Waals surface area contributed by atoms with Crippen LogP contribution in [0.3, 0.4) is 0 Å². The fourth-order valence-electron chi connectivity index (χ4n) is 5.85. The number of rotatable bonds is 13. The van der Waals surface area contributed by atoms with Crippen molar-refractivity contribution < 1.29 is 64.5 Å². The summed E-state index contributed by atoms with van der Waals surface area (Å²) in [6, 6.07) is 0. The van der Waals surface area contributed by atoms with Gasteiger partial charge in [0.25, 0.3) is 16.4 Å². The Morgan fingerprint density at radius 2 is 1.45 bits per heavy atom. The van der Waals surface area contributed by atoms with E-state index in [0.29, 0.717) is 0 Å². The summed E-state index contributed by atoms with van der Waals surface area (Å²) in [6.07, 6.45) is -17.6. The van der Waals surface area contributed by atoms with Crippen molar-refractivity contribution in [1.29, 1.82) is 0 Å². The molecule has 11 N–H and O–H groups in total. The van der Waals surface area contributed by atoms with Crippen molar-refractivity contribution in [2.24, 2.45) is 0 Å². The van der Waals surface area contributed by atoms with E-state index in [4.69, 9.17) is 23.7 Å². The second-order valence-electron chi connectivity index (χ2n) is 12.0. The van der Waals surface area contributed by atoms with Gasteiger partial charge >= 0.3 is 5.69 Å². The molecule has 3 aliphatic heterocycles. The molecular weight excluding hydrogens is 664 g/mol. The van der Waals surface area contributed by atoms with Crippen LogP contribution >= 0.6 is 0 Å². The van der Waals surface area contributed by atoms with Crippen LogP contribution in [0.15, 0.2) is 25.4 Å². The van der Waals surface area contributed by atoms with Crippen LogP contribution in [-0.4, -0.2) is 157 Å². The third-order valence-corrected chi connectivity index (χ3v) is 8.70. The van der Waals surface area contributed by atoms with E-state index in [1.165, 1.54) is 13.1 Å². The maximum Gasteiger partial charge on any atom is 0.330 e. The highest BCUT2D eigenvalue weighted by molar-refractivity contribution is 5.74. The number of nitrogens with one attached hydrogen (secondary N) is 3. The second kappa shape index (κ2) is 15.4. The lowest BCUT2D eigenvalue weighted by atomic mass is 9.97. The number of hydrogen-bond acceptors (Lipinski definition) is 19. The minimum absolute atomic E-state index is 0.0215. The molecule has 21 heteroatoms. The van der Waals surface area contributed by atoms with Gasteiger partial charge in [0.1, 0.15) is 72.5 Å². The lowest BCUT2D eigenvalue weighted by molar-refractivity contribution is -0.359. The van der Waals surface area contributed by atoms with Crippen molar-refractivity contribution in [3.8, 4) is 0 Å². The number of aliphatic hydroxyl groups excluding tert-OH is 8. The van der Waals surface area contributed by atoms with Crippen LogP contribution in [0.4, 0.5) is 11.4 Å². The number of hydrogen-bond donors (Lipinski definition) is 11. The first-order chi connectivity index (χ1) is 23.3. The molecular formula is C28H40N4O17. The molecule has 2 aromatic rings. The van der Waals surface area contributed by atoms with Gasteiger partial charge in [-0.25, -0.2) is 4.79 Å². The number of ether oxygens (including phenoxy) is 5. The molecule has 0 bridgehead atoms. The van der Waals surface area contributed by atoms with Crippen LogP contribution in [0.5, 0.6) is 0 Å². The average molecular weight is 705 g/mol. The van der Waals surface area contributed by atoms with Crippen LogP contribution in [0.2, 0.25) is 0 Å². The predicted molar refractivity (Wildman–Crippen MR) is 161 cm³/mol. The quantitative estimate of drug-likeness (QED) is 0.0682. The zero-order valence-electron chi connectivity index (χ0n) is 26.0. The Balaban J connectivity index is 1.11. The van der Waals surface area contributed by atoms with E-state index in [9.17, 15) is 60.0 Å². The molecule has 5 rings (SSSR count). The summed E-state index contributed by atoms with van der Waals surface area (Å²) in [5, 5.41) is 86.7. The zero-order valence-corrected chi connectivity index (χ0v) is 26.0. The van der Waals surface area contributed by atoms with Crippen LogP contribution < -0.4 is 32.7 Å². The number of aliphatic hydroxyl groups is 8. The van der Waals surface area contributed by atoms with Gasteiger partial charge in [0, 0.05) is 31.3 Å². The molecule has 274 valence electrons. The molecule has 1 aromatic carbocycles. The zero-order chi connectivity index (χ0) is 35.7. The van der Waals surface area contributed by atoms with E-state index >= 15 is 0 Å². The first kappa shape index (κ1) is 37.1. The average Bonchev–Trinajstić information content (AvgIpc) is 3.45. The third-order valence-electron chi connectivity index (χ3n) is 8.70. The molecule has 0 aliphatic carbocycles. The Labute approximate surface area is 275 Å². The summed E-state index contributed by atoms with van der Waals surface area (Å²) in [7, 11) is 0. The molecule has 0 spiro atoms. The fourth-order valence-corrected chi connectivity index (χ4v) is 5.85. The number of aromatic nitrogens is 2. The lowest BCUT2D eigenvalue weighted by Gasteiger charge is -2.45. The second-order valence-corrected chi connectivity index (χ2v) is 12.0. The topological polar surface area (TPSA) is 321 Å². The van der Waals surface area contributed by atoms with Crippen molar-refractivity contribution >= 4 is 11.4 Å². The van der Waals surface area contributed by atoms with E-state index in [2.05, 4.69) is 15.6 Å². The molecule has 0 radical (unpaired) electrons. The van der Waals surface area contributed by atoms with Gasteiger partial charge < -0.3 is 75.2 Å². The van der Waals surface area contributed by atoms with Crippen molar-refractivity contribution in [2.45, 2.75) is 93.2 Å². The third kappa shape index (κ3) is 7.49. The fraction of sp³-hybridized carbons (Fsp3) is 0.714. The highest BCUT2D eigenvalue weighted by atomic mass is 16.7. The molecule has 0 amide bonds. The van der Waals surface area contributed by atoms with Gasteiger partial charge in [0.2, 0.25) is 0 Å². The minimum Gasteiger partial charge on any atom is -0.394 e. The molecule has 21 nitrogen and oxygen atoms in total. The molecule has 49 heavy (non-hydrogen) atoms. The summed E-state index contributed by atoms with van der Waals surface area (Å²) < 4.78 is 28.7. The SMILES string of the molecule is Cc1cn([C@H]2C[C@H](O)[C@@H](CNc3c(NCCO[C@@H]4O[C@H](CO)[C@@H](O[C@@H]5O[C@H](CO)[C@H](O)[C@H](O)[C@H]5O)[C@H](O)[C@H]4O)c(=O)c3=O)O2)c(=O)[nH]c1=O. The van der Waals surface area contributed by atoms with Crippen LogP contribution in [0, 0.1) is 6.92 Å². The van der Waals surface area contributed by atoms with Gasteiger partial charge in [-0.05, 0) is 6.92 Å². The van der Waals surface area contributed by atoms with E-state index in [0.717, 1.165) is 4.57 Å². The van der Waals surface area contributed by atoms with Crippen LogP contribution in [-0.2, 0) is 23.7 Å². The van der Waals surface area contributed by atoms with Gasteiger partial charge in [0.05, 0.1) is 25.9 Å². The standard InChI is InChI=1S/C28H40N4O17/c1-9-6-32(28(44)31-25(9)43)14-4-10(35)11(46-14)5-30-16-15(18(37)19(16)38)29-2-3-45-26-23(42)21(40)24(13(8-34)48-26)49-27-22(41)20(39)17(36)12(7-33)47-27/h6,10-14,17,20-24,26-27,29-30,33-36,39-42H,2-5,7-8H2,1H3,(H,31,43,44)/t10-,11+,12+,13+,14+,17-,20-,21+,22+,23+,24+,26+,27-/m0/s1. The largest absolute Gasteiger partial charge is 0.394 e. The summed E-state index contributed by atoms with van der Waals surface area (Å²) in [5.74, 6) is 0. The molecule has 4 heterocycles. The summed E-state index contributed by atoms with van der Waals surface area (Å²) in [6.45, 7) is -0.451. The van der Waals surface area contributed by atoms with Gasteiger partial charge in [0.15, 0.2) is 12.6 Å². The van der Waals surface area contributed by atoms with Gasteiger partial charge in [-0.15, -0.1) is 0 Å². The highest BCUT2D eigenvalue weighted by Crippen LogP contribution is 2.30. The number of aromatic amines is 1. The number of aryl methyl sites for hydroxylation is 1. The van der Waals surface area contributed by atoms with Gasteiger partial charge in [-0.3, -0.25) is 23.9 Å². The van der Waals surface area contributed by atoms with E-state index in [-0.39, 0.29) is 43.1 Å². The van der Waals surface area contributed by atoms with E-state index in [1.807, 2.05) is 0 Å². The van der Waals surface area contributed by atoms with Gasteiger partial charge in [-0.1, -0.05) is 0 Å².